The molecule has 7 heteroatoms. The summed E-state index contributed by atoms with van der Waals surface area (Å²) in [4.78, 5) is 30.0. The molecule has 1 heterocycles. The lowest BCUT2D eigenvalue weighted by Gasteiger charge is -2.27. The topological polar surface area (TPSA) is 82.5 Å². The van der Waals surface area contributed by atoms with Gasteiger partial charge in [0.2, 0.25) is 0 Å². The van der Waals surface area contributed by atoms with Crippen molar-refractivity contribution in [3.63, 3.8) is 0 Å². The van der Waals surface area contributed by atoms with Gasteiger partial charge in [-0.2, -0.15) is 0 Å². The molecule has 144 valence electrons. The Morgan fingerprint density at radius 1 is 1.18 bits per heavy atom. The van der Waals surface area contributed by atoms with Crippen molar-refractivity contribution in [2.24, 2.45) is 0 Å². The summed E-state index contributed by atoms with van der Waals surface area (Å²) in [6.07, 6.45) is 1.77. The van der Waals surface area contributed by atoms with E-state index in [1.54, 1.807) is 34.6 Å². The van der Waals surface area contributed by atoms with E-state index in [2.05, 4.69) is 10.3 Å². The number of carbonyl (C=O) groups excluding carboxylic acids is 1. The number of benzene rings is 2. The van der Waals surface area contributed by atoms with Crippen LogP contribution >= 0.6 is 11.3 Å². The van der Waals surface area contributed by atoms with Gasteiger partial charge in [0.1, 0.15) is 5.01 Å². The van der Waals surface area contributed by atoms with E-state index in [1.807, 2.05) is 43.5 Å². The number of carboxylic acids is 1. The standard InChI is InChI=1S/C21H21N3O3S/c1-14(2)24(21(27)23-18-8-4-7-17(12-18)20(25)26)13-15-5-3-6-16(11-15)19-22-9-10-28-19/h3-12,14H,13H2,1-2H3,(H,23,27)(H,25,26). The van der Waals surface area contributed by atoms with Crippen LogP contribution in [-0.2, 0) is 6.54 Å². The maximum Gasteiger partial charge on any atom is 0.335 e. The maximum atomic E-state index is 12.8. The minimum absolute atomic E-state index is 0.0359. The number of nitrogens with zero attached hydrogens (tertiary/aromatic N) is 2. The molecule has 28 heavy (non-hydrogen) atoms. The van der Waals surface area contributed by atoms with E-state index in [0.29, 0.717) is 12.2 Å². The molecule has 0 fully saturated rings. The summed E-state index contributed by atoms with van der Waals surface area (Å²) < 4.78 is 0. The van der Waals surface area contributed by atoms with Gasteiger partial charge in [-0.05, 0) is 43.7 Å². The number of urea groups is 1. The quantitative estimate of drug-likeness (QED) is 0.619. The second-order valence-corrected chi connectivity index (χ2v) is 7.47. The third-order valence-electron chi connectivity index (χ3n) is 4.20. The Labute approximate surface area is 167 Å². The van der Waals surface area contributed by atoms with Gasteiger partial charge in [0.15, 0.2) is 0 Å². The second-order valence-electron chi connectivity index (χ2n) is 6.58. The molecule has 2 amide bonds. The molecule has 1 aromatic heterocycles. The summed E-state index contributed by atoms with van der Waals surface area (Å²) in [5, 5.41) is 14.8. The van der Waals surface area contributed by atoms with Crippen molar-refractivity contribution in [2.75, 3.05) is 5.32 Å². The Morgan fingerprint density at radius 3 is 2.64 bits per heavy atom. The molecule has 6 nitrogen and oxygen atoms in total. The zero-order valence-electron chi connectivity index (χ0n) is 15.6. The van der Waals surface area contributed by atoms with Crippen molar-refractivity contribution < 1.29 is 14.7 Å². The van der Waals surface area contributed by atoms with Gasteiger partial charge >= 0.3 is 12.0 Å². The van der Waals surface area contributed by atoms with Gasteiger partial charge in [-0.15, -0.1) is 11.3 Å². The summed E-state index contributed by atoms with van der Waals surface area (Å²) in [5.74, 6) is -1.03. The molecule has 0 aliphatic heterocycles. The van der Waals surface area contributed by atoms with Gasteiger partial charge in [-0.1, -0.05) is 24.3 Å². The molecule has 3 rings (SSSR count). The number of carbonyl (C=O) groups is 2. The highest BCUT2D eigenvalue weighted by molar-refractivity contribution is 7.13. The molecule has 0 atom stereocenters. The summed E-state index contributed by atoms with van der Waals surface area (Å²) in [6, 6.07) is 13.9. The number of hydrogen-bond acceptors (Lipinski definition) is 4. The third-order valence-corrected chi connectivity index (χ3v) is 5.03. The molecular weight excluding hydrogens is 374 g/mol. The number of anilines is 1. The van der Waals surface area contributed by atoms with E-state index in [4.69, 9.17) is 5.11 Å². The van der Waals surface area contributed by atoms with Gasteiger partial charge in [0.05, 0.1) is 5.56 Å². The first kappa shape index (κ1) is 19.6. The largest absolute Gasteiger partial charge is 0.478 e. The van der Waals surface area contributed by atoms with E-state index in [1.165, 1.54) is 12.1 Å². The van der Waals surface area contributed by atoms with Crippen LogP contribution in [0.3, 0.4) is 0 Å². The van der Waals surface area contributed by atoms with Gasteiger partial charge in [-0.25, -0.2) is 14.6 Å². The van der Waals surface area contributed by atoms with Gasteiger partial charge in [0, 0.05) is 35.4 Å². The molecule has 0 aliphatic rings. The summed E-state index contributed by atoms with van der Waals surface area (Å²) in [5.41, 5.74) is 2.60. The minimum Gasteiger partial charge on any atom is -0.478 e. The smallest absolute Gasteiger partial charge is 0.335 e. The first-order valence-electron chi connectivity index (χ1n) is 8.84. The Kier molecular flexibility index (Phi) is 6.06. The summed E-state index contributed by atoms with van der Waals surface area (Å²) >= 11 is 1.57. The van der Waals surface area contributed by atoms with Crippen molar-refractivity contribution in [1.29, 1.82) is 0 Å². The SMILES string of the molecule is CC(C)N(Cc1cccc(-c2nccs2)c1)C(=O)Nc1cccc(C(=O)O)c1. The first-order valence-corrected chi connectivity index (χ1v) is 9.72. The van der Waals surface area contributed by atoms with Crippen LogP contribution in [0, 0.1) is 0 Å². The highest BCUT2D eigenvalue weighted by Crippen LogP contribution is 2.23. The highest BCUT2D eigenvalue weighted by Gasteiger charge is 2.18. The lowest BCUT2D eigenvalue weighted by molar-refractivity contribution is 0.0697. The molecule has 3 aromatic rings. The number of aromatic nitrogens is 1. The Balaban J connectivity index is 1.76. The number of rotatable bonds is 6. The molecule has 2 N–H and O–H groups in total. The summed E-state index contributed by atoms with van der Waals surface area (Å²) in [6.45, 7) is 4.32. The number of carboxylic acid groups (broad SMARTS) is 1. The van der Waals surface area contributed by atoms with Crippen LogP contribution in [0.25, 0.3) is 10.6 Å². The number of hydrogen-bond donors (Lipinski definition) is 2. The third kappa shape index (κ3) is 4.75. The predicted octanol–water partition coefficient (Wildman–Crippen LogP) is 4.95. The van der Waals surface area contributed by atoms with Crippen molar-refractivity contribution in [3.05, 3.63) is 71.2 Å². The highest BCUT2D eigenvalue weighted by atomic mass is 32.1. The van der Waals surface area contributed by atoms with E-state index >= 15 is 0 Å². The lowest BCUT2D eigenvalue weighted by Crippen LogP contribution is -2.39. The molecule has 0 radical (unpaired) electrons. The van der Waals surface area contributed by atoms with E-state index in [-0.39, 0.29) is 17.6 Å². The molecule has 0 aliphatic carbocycles. The molecule has 2 aromatic carbocycles. The number of thiazole rings is 1. The zero-order chi connectivity index (χ0) is 20.1. The van der Waals surface area contributed by atoms with E-state index < -0.39 is 5.97 Å². The number of amides is 2. The normalized spacial score (nSPS) is 10.7. The Hall–Kier alpha value is -3.19. The predicted molar refractivity (Wildman–Crippen MR) is 111 cm³/mol. The number of aromatic carboxylic acids is 1. The van der Waals surface area contributed by atoms with Crippen LogP contribution in [0.5, 0.6) is 0 Å². The van der Waals surface area contributed by atoms with Crippen LogP contribution < -0.4 is 5.32 Å². The van der Waals surface area contributed by atoms with Crippen LogP contribution in [0.15, 0.2) is 60.1 Å². The van der Waals surface area contributed by atoms with E-state index in [9.17, 15) is 9.59 Å². The summed E-state index contributed by atoms with van der Waals surface area (Å²) in [7, 11) is 0. The van der Waals surface area contributed by atoms with Crippen molar-refractivity contribution >= 4 is 29.0 Å². The average molecular weight is 395 g/mol. The first-order chi connectivity index (χ1) is 13.4. The van der Waals surface area contributed by atoms with Gasteiger partial charge < -0.3 is 15.3 Å². The Morgan fingerprint density at radius 2 is 1.96 bits per heavy atom. The Bertz CT molecular complexity index is 971. The molecule has 0 saturated carbocycles. The van der Waals surface area contributed by atoms with Crippen LogP contribution in [0.2, 0.25) is 0 Å². The molecular formula is C21H21N3O3S. The molecule has 0 bridgehead atoms. The van der Waals surface area contributed by atoms with Gasteiger partial charge in [-0.3, -0.25) is 0 Å². The fourth-order valence-corrected chi connectivity index (χ4v) is 3.41. The van der Waals surface area contributed by atoms with Crippen LogP contribution in [0.1, 0.15) is 29.8 Å². The molecule has 0 unspecified atom stereocenters. The number of nitrogens with one attached hydrogen (secondary N) is 1. The fraction of sp³-hybridized carbons (Fsp3) is 0.190. The van der Waals surface area contributed by atoms with Crippen LogP contribution in [0.4, 0.5) is 10.5 Å². The van der Waals surface area contributed by atoms with Crippen molar-refractivity contribution in [2.45, 2.75) is 26.4 Å². The monoisotopic (exact) mass is 395 g/mol. The van der Waals surface area contributed by atoms with Gasteiger partial charge in [0.25, 0.3) is 0 Å². The fourth-order valence-electron chi connectivity index (χ4n) is 2.78. The lowest BCUT2D eigenvalue weighted by atomic mass is 10.1. The van der Waals surface area contributed by atoms with Crippen molar-refractivity contribution in [3.8, 4) is 10.6 Å². The zero-order valence-corrected chi connectivity index (χ0v) is 16.4. The average Bonchev–Trinajstić information content (AvgIpc) is 3.21. The molecule has 0 saturated heterocycles. The second kappa shape index (κ2) is 8.67. The maximum absolute atomic E-state index is 12.8. The molecule has 0 spiro atoms. The van der Waals surface area contributed by atoms with E-state index in [0.717, 1.165) is 16.1 Å². The van der Waals surface area contributed by atoms with Crippen molar-refractivity contribution in [1.82, 2.24) is 9.88 Å². The minimum atomic E-state index is -1.03. The van der Waals surface area contributed by atoms with Crippen LogP contribution in [-0.4, -0.2) is 33.0 Å².